The van der Waals surface area contributed by atoms with Crippen molar-refractivity contribution >= 4 is 40.7 Å². The van der Waals surface area contributed by atoms with Gasteiger partial charge in [-0.2, -0.15) is 0 Å². The van der Waals surface area contributed by atoms with Gasteiger partial charge in [-0.05, 0) is 24.1 Å². The van der Waals surface area contributed by atoms with Crippen LogP contribution in [0.4, 0.5) is 0 Å². The summed E-state index contributed by atoms with van der Waals surface area (Å²) in [5, 5.41) is 3.41. The van der Waals surface area contributed by atoms with Gasteiger partial charge in [0.15, 0.2) is 0 Å². The molecule has 0 radical (unpaired) electrons. The van der Waals surface area contributed by atoms with Crippen LogP contribution in [0.3, 0.4) is 0 Å². The van der Waals surface area contributed by atoms with E-state index in [9.17, 15) is 0 Å². The average Bonchev–Trinajstić information content (AvgIpc) is 2.31. The Labute approximate surface area is 130 Å². The van der Waals surface area contributed by atoms with Crippen LogP contribution in [0.1, 0.15) is 24.9 Å². The minimum absolute atomic E-state index is 0. The molecule has 2 rings (SSSR count). The highest BCUT2D eigenvalue weighted by Crippen LogP contribution is 2.26. The Balaban J connectivity index is 0.00000144. The fourth-order valence-corrected chi connectivity index (χ4v) is 2.83. The molecule has 1 aromatic carbocycles. The Bertz CT molecular complexity index is 344. The van der Waals surface area contributed by atoms with Gasteiger partial charge in [0.05, 0.1) is 0 Å². The van der Waals surface area contributed by atoms with Gasteiger partial charge in [-0.15, -0.1) is 24.8 Å². The zero-order chi connectivity index (χ0) is 11.4. The molecule has 1 heterocycles. The Morgan fingerprint density at radius 2 is 1.94 bits per heavy atom. The van der Waals surface area contributed by atoms with Gasteiger partial charge < -0.3 is 5.32 Å². The molecule has 18 heavy (non-hydrogen) atoms. The van der Waals surface area contributed by atoms with E-state index in [0.717, 1.165) is 26.2 Å². The summed E-state index contributed by atoms with van der Waals surface area (Å²) in [4.78, 5) is 2.58. The summed E-state index contributed by atoms with van der Waals surface area (Å²) in [6.45, 7) is 6.82. The van der Waals surface area contributed by atoms with E-state index in [0.29, 0.717) is 6.04 Å². The van der Waals surface area contributed by atoms with Gasteiger partial charge in [0.25, 0.3) is 0 Å². The molecular weight excluding hydrogens is 335 g/mol. The third kappa shape index (κ3) is 4.71. The van der Waals surface area contributed by atoms with Crippen molar-refractivity contribution in [2.45, 2.75) is 19.4 Å². The molecular formula is C13H21BrCl2N2. The van der Waals surface area contributed by atoms with Crippen LogP contribution in [-0.4, -0.2) is 31.1 Å². The first kappa shape index (κ1) is 18.2. The van der Waals surface area contributed by atoms with Crippen LogP contribution in [-0.2, 0) is 0 Å². The predicted molar refractivity (Wildman–Crippen MR) is 86.1 cm³/mol. The Morgan fingerprint density at radius 3 is 2.50 bits per heavy atom. The lowest BCUT2D eigenvalue weighted by Gasteiger charge is -2.34. The minimum atomic E-state index is 0. The molecule has 2 nitrogen and oxygen atoms in total. The number of benzene rings is 1. The van der Waals surface area contributed by atoms with Gasteiger partial charge >= 0.3 is 0 Å². The fraction of sp³-hybridized carbons (Fsp3) is 0.538. The molecule has 0 saturated carbocycles. The van der Waals surface area contributed by atoms with Crippen LogP contribution in [0.2, 0.25) is 0 Å². The van der Waals surface area contributed by atoms with Crippen LogP contribution in [0.15, 0.2) is 28.7 Å². The van der Waals surface area contributed by atoms with E-state index < -0.39 is 0 Å². The molecule has 0 spiro atoms. The van der Waals surface area contributed by atoms with Gasteiger partial charge in [0.2, 0.25) is 0 Å². The quantitative estimate of drug-likeness (QED) is 0.890. The van der Waals surface area contributed by atoms with E-state index in [-0.39, 0.29) is 24.8 Å². The monoisotopic (exact) mass is 354 g/mol. The molecule has 1 atom stereocenters. The van der Waals surface area contributed by atoms with Crippen molar-refractivity contribution < 1.29 is 0 Å². The number of hydrogen-bond acceptors (Lipinski definition) is 2. The lowest BCUT2D eigenvalue weighted by molar-refractivity contribution is 0.169. The van der Waals surface area contributed by atoms with Gasteiger partial charge in [-0.1, -0.05) is 35.0 Å². The molecule has 1 saturated heterocycles. The van der Waals surface area contributed by atoms with Crippen LogP contribution in [0.25, 0.3) is 0 Å². The van der Waals surface area contributed by atoms with Crippen molar-refractivity contribution in [1.29, 1.82) is 0 Å². The zero-order valence-corrected chi connectivity index (χ0v) is 13.8. The molecule has 0 amide bonds. The molecule has 0 aliphatic carbocycles. The minimum Gasteiger partial charge on any atom is -0.314 e. The zero-order valence-electron chi connectivity index (χ0n) is 10.6. The maximum Gasteiger partial charge on any atom is 0.0346 e. The third-order valence-corrected chi connectivity index (χ3v) is 3.71. The van der Waals surface area contributed by atoms with Crippen molar-refractivity contribution in [2.24, 2.45) is 0 Å². The summed E-state index contributed by atoms with van der Waals surface area (Å²) < 4.78 is 1.18. The van der Waals surface area contributed by atoms with E-state index >= 15 is 0 Å². The second kappa shape index (κ2) is 9.16. The second-order valence-corrected chi connectivity index (χ2v) is 5.18. The standard InChI is InChI=1S/C13H19BrN2.2ClH/c1-2-13(16-8-6-15-7-9-16)11-4-3-5-12(14)10-11;;/h3-5,10,13,15H,2,6-9H2,1H3;2*1H/t13-;;/m1../s1. The molecule has 1 aromatic rings. The molecule has 1 fully saturated rings. The first-order valence-corrected chi connectivity index (χ1v) is 6.81. The van der Waals surface area contributed by atoms with Crippen molar-refractivity contribution in [1.82, 2.24) is 10.2 Å². The van der Waals surface area contributed by atoms with Crippen molar-refractivity contribution in [2.75, 3.05) is 26.2 Å². The van der Waals surface area contributed by atoms with Gasteiger partial charge in [-0.25, -0.2) is 0 Å². The number of halogens is 3. The highest BCUT2D eigenvalue weighted by molar-refractivity contribution is 9.10. The Morgan fingerprint density at radius 1 is 1.28 bits per heavy atom. The highest BCUT2D eigenvalue weighted by Gasteiger charge is 2.20. The molecule has 1 aliphatic heterocycles. The molecule has 5 heteroatoms. The first-order valence-electron chi connectivity index (χ1n) is 6.01. The topological polar surface area (TPSA) is 15.3 Å². The summed E-state index contributed by atoms with van der Waals surface area (Å²) in [6.07, 6.45) is 1.18. The van der Waals surface area contributed by atoms with Crippen molar-refractivity contribution in [3.8, 4) is 0 Å². The predicted octanol–water partition coefficient (Wildman–Crippen LogP) is 3.65. The molecule has 1 N–H and O–H groups in total. The summed E-state index contributed by atoms with van der Waals surface area (Å²) >= 11 is 3.55. The number of hydrogen-bond donors (Lipinski definition) is 1. The SMILES string of the molecule is CC[C@H](c1cccc(Br)c1)N1CCNCC1.Cl.Cl. The molecule has 0 unspecified atom stereocenters. The number of nitrogens with zero attached hydrogens (tertiary/aromatic N) is 1. The van der Waals surface area contributed by atoms with E-state index in [1.165, 1.54) is 16.5 Å². The van der Waals surface area contributed by atoms with Crippen LogP contribution >= 0.6 is 40.7 Å². The summed E-state index contributed by atoms with van der Waals surface area (Å²) in [5.41, 5.74) is 1.43. The van der Waals surface area contributed by atoms with E-state index in [1.807, 2.05) is 0 Å². The van der Waals surface area contributed by atoms with Crippen molar-refractivity contribution in [3.05, 3.63) is 34.3 Å². The Kier molecular flexibility index (Phi) is 9.26. The molecule has 0 bridgehead atoms. The van der Waals surface area contributed by atoms with Crippen LogP contribution in [0.5, 0.6) is 0 Å². The fourth-order valence-electron chi connectivity index (χ4n) is 2.41. The number of nitrogens with one attached hydrogen (secondary N) is 1. The maximum absolute atomic E-state index is 3.55. The van der Waals surface area contributed by atoms with E-state index in [2.05, 4.69) is 57.3 Å². The molecule has 1 aliphatic rings. The second-order valence-electron chi connectivity index (χ2n) is 4.27. The summed E-state index contributed by atoms with van der Waals surface area (Å²) in [5.74, 6) is 0. The lowest BCUT2D eigenvalue weighted by atomic mass is 10.0. The van der Waals surface area contributed by atoms with E-state index in [4.69, 9.17) is 0 Å². The summed E-state index contributed by atoms with van der Waals surface area (Å²) in [7, 11) is 0. The largest absolute Gasteiger partial charge is 0.314 e. The van der Waals surface area contributed by atoms with Gasteiger partial charge in [0, 0.05) is 36.7 Å². The molecule has 104 valence electrons. The smallest absolute Gasteiger partial charge is 0.0346 e. The third-order valence-electron chi connectivity index (χ3n) is 3.21. The number of rotatable bonds is 3. The molecule has 0 aromatic heterocycles. The lowest BCUT2D eigenvalue weighted by Crippen LogP contribution is -2.45. The first-order chi connectivity index (χ1) is 7.81. The summed E-state index contributed by atoms with van der Waals surface area (Å²) in [6, 6.07) is 9.27. The Hall–Kier alpha value is 0.200. The van der Waals surface area contributed by atoms with Gasteiger partial charge in [-0.3, -0.25) is 4.90 Å². The van der Waals surface area contributed by atoms with Crippen LogP contribution in [0, 0.1) is 0 Å². The normalized spacial score (nSPS) is 17.4. The van der Waals surface area contributed by atoms with Crippen molar-refractivity contribution in [3.63, 3.8) is 0 Å². The van der Waals surface area contributed by atoms with Crippen LogP contribution < -0.4 is 5.32 Å². The number of piperazine rings is 1. The highest BCUT2D eigenvalue weighted by atomic mass is 79.9. The maximum atomic E-state index is 3.55. The van der Waals surface area contributed by atoms with Gasteiger partial charge in [0.1, 0.15) is 0 Å². The average molecular weight is 356 g/mol. The van der Waals surface area contributed by atoms with E-state index in [1.54, 1.807) is 0 Å².